The second-order valence-electron chi connectivity index (χ2n) is 7.63. The van der Waals surface area contributed by atoms with Gasteiger partial charge in [0, 0.05) is 19.2 Å². The highest BCUT2D eigenvalue weighted by atomic mass is 32.2. The molecule has 182 valence electrons. The molecule has 3 N–H and O–H groups in total. The summed E-state index contributed by atoms with van der Waals surface area (Å²) < 4.78 is 55.4. The van der Waals surface area contributed by atoms with Crippen molar-refractivity contribution in [2.75, 3.05) is 24.4 Å². The molecule has 0 unspecified atom stereocenters. The molecule has 1 saturated heterocycles. The van der Waals surface area contributed by atoms with E-state index in [9.17, 15) is 26.4 Å². The zero-order valence-corrected chi connectivity index (χ0v) is 19.8. The third kappa shape index (κ3) is 7.14. The molecule has 0 aliphatic carbocycles. The highest BCUT2D eigenvalue weighted by molar-refractivity contribution is 7.92. The summed E-state index contributed by atoms with van der Waals surface area (Å²) in [5.41, 5.74) is 0.576. The number of nitrogens with two attached hydrogens (primary N) is 1. The van der Waals surface area contributed by atoms with Gasteiger partial charge in [-0.3, -0.25) is 9.52 Å². The van der Waals surface area contributed by atoms with Crippen LogP contribution >= 0.6 is 0 Å². The number of primary sulfonamides is 1. The van der Waals surface area contributed by atoms with E-state index in [0.717, 1.165) is 31.4 Å². The van der Waals surface area contributed by atoms with Crippen LogP contribution in [0.2, 0.25) is 0 Å². The Hall–Kier alpha value is -3.22. The Labute approximate surface area is 198 Å². The molecule has 0 atom stereocenters. The van der Waals surface area contributed by atoms with Crippen molar-refractivity contribution >= 4 is 43.7 Å². The number of ether oxygens (including phenoxy) is 1. The first-order valence-corrected chi connectivity index (χ1v) is 13.5. The molecule has 2 aromatic rings. The summed E-state index contributed by atoms with van der Waals surface area (Å²) in [5.74, 6) is -0.906. The highest BCUT2D eigenvalue weighted by Crippen LogP contribution is 2.19. The number of sulfonamides is 2. The molecule has 0 bridgehead atoms. The van der Waals surface area contributed by atoms with Gasteiger partial charge in [-0.05, 0) is 61.2 Å². The van der Waals surface area contributed by atoms with Gasteiger partial charge in [-0.1, -0.05) is 18.2 Å². The number of piperidine rings is 1. The number of likely N-dealkylation sites (tertiary alicyclic amines) is 1. The van der Waals surface area contributed by atoms with Gasteiger partial charge in [0.1, 0.15) is 0 Å². The summed E-state index contributed by atoms with van der Waals surface area (Å²) in [6.45, 7) is 1.03. The number of anilines is 1. The first-order valence-electron chi connectivity index (χ1n) is 10.4. The number of benzene rings is 2. The molecule has 1 aliphatic rings. The monoisotopic (exact) mass is 507 g/mol. The van der Waals surface area contributed by atoms with E-state index in [1.807, 2.05) is 0 Å². The normalized spacial score (nSPS) is 14.7. The minimum atomic E-state index is -4.00. The summed E-state index contributed by atoms with van der Waals surface area (Å²) in [6, 6.07) is 10.8. The van der Waals surface area contributed by atoms with Crippen molar-refractivity contribution in [3.05, 3.63) is 60.2 Å². The van der Waals surface area contributed by atoms with Crippen molar-refractivity contribution in [1.82, 2.24) is 4.90 Å². The Morgan fingerprint density at radius 1 is 0.971 bits per heavy atom. The van der Waals surface area contributed by atoms with Crippen LogP contribution in [0.3, 0.4) is 0 Å². The van der Waals surface area contributed by atoms with Crippen molar-refractivity contribution in [1.29, 1.82) is 0 Å². The quantitative estimate of drug-likeness (QED) is 0.407. The van der Waals surface area contributed by atoms with Crippen LogP contribution in [-0.4, -0.2) is 53.3 Å². The molecule has 1 aliphatic heterocycles. The summed E-state index contributed by atoms with van der Waals surface area (Å²) in [5, 5.41) is 5.07. The Kier molecular flexibility index (Phi) is 8.07. The molecule has 1 amide bonds. The molecule has 0 aromatic heterocycles. The van der Waals surface area contributed by atoms with Gasteiger partial charge < -0.3 is 9.64 Å². The number of esters is 1. The van der Waals surface area contributed by atoms with E-state index < -0.39 is 26.0 Å². The Balaban J connectivity index is 1.58. The van der Waals surface area contributed by atoms with Gasteiger partial charge in [-0.2, -0.15) is 0 Å². The molecule has 1 fully saturated rings. The molecule has 1 heterocycles. The van der Waals surface area contributed by atoms with Crippen LogP contribution in [0.5, 0.6) is 0 Å². The van der Waals surface area contributed by atoms with Gasteiger partial charge in [-0.25, -0.2) is 26.8 Å². The fraction of sp³-hybridized carbons (Fsp3) is 0.273. The van der Waals surface area contributed by atoms with E-state index >= 15 is 0 Å². The van der Waals surface area contributed by atoms with Crippen molar-refractivity contribution in [3.63, 3.8) is 0 Å². The number of carbonyl (C=O) groups excluding carboxylic acids is 2. The third-order valence-corrected chi connectivity index (χ3v) is 7.37. The van der Waals surface area contributed by atoms with E-state index in [0.29, 0.717) is 18.7 Å². The maximum absolute atomic E-state index is 12.6. The fourth-order valence-corrected chi connectivity index (χ4v) is 4.90. The highest BCUT2D eigenvalue weighted by Gasteiger charge is 2.18. The van der Waals surface area contributed by atoms with Crippen LogP contribution in [0, 0.1) is 0 Å². The molecule has 10 nitrogen and oxygen atoms in total. The minimum Gasteiger partial charge on any atom is -0.452 e. The second-order valence-corrected chi connectivity index (χ2v) is 10.9. The first-order chi connectivity index (χ1) is 16.0. The molecule has 0 spiro atoms. The molecule has 0 radical (unpaired) electrons. The number of nitrogens with zero attached hydrogens (tertiary/aromatic N) is 1. The molecular weight excluding hydrogens is 482 g/mol. The lowest BCUT2D eigenvalue weighted by atomic mass is 10.1. The predicted molar refractivity (Wildman–Crippen MR) is 125 cm³/mol. The lowest BCUT2D eigenvalue weighted by Gasteiger charge is -2.26. The average Bonchev–Trinajstić information content (AvgIpc) is 2.81. The number of rotatable bonds is 8. The number of hydrogen-bond acceptors (Lipinski definition) is 7. The summed E-state index contributed by atoms with van der Waals surface area (Å²) in [4.78, 5) is 25.3. The Bertz CT molecular complexity index is 1280. The first kappa shape index (κ1) is 25.4. The summed E-state index contributed by atoms with van der Waals surface area (Å²) >= 11 is 0. The van der Waals surface area contributed by atoms with Crippen molar-refractivity contribution in [2.24, 2.45) is 5.14 Å². The topological polar surface area (TPSA) is 153 Å². The van der Waals surface area contributed by atoms with Gasteiger partial charge in [0.05, 0.1) is 15.5 Å². The molecule has 34 heavy (non-hydrogen) atoms. The van der Waals surface area contributed by atoms with Crippen molar-refractivity contribution in [3.8, 4) is 0 Å². The Morgan fingerprint density at radius 2 is 1.65 bits per heavy atom. The maximum Gasteiger partial charge on any atom is 0.331 e. The maximum atomic E-state index is 12.6. The van der Waals surface area contributed by atoms with E-state index in [1.165, 1.54) is 48.5 Å². The van der Waals surface area contributed by atoms with Crippen LogP contribution in [0.1, 0.15) is 24.8 Å². The minimum absolute atomic E-state index is 0.0392. The average molecular weight is 508 g/mol. The van der Waals surface area contributed by atoms with Crippen LogP contribution in [0.4, 0.5) is 5.69 Å². The van der Waals surface area contributed by atoms with Gasteiger partial charge >= 0.3 is 5.97 Å². The van der Waals surface area contributed by atoms with E-state index in [2.05, 4.69) is 4.72 Å². The number of carbonyl (C=O) groups is 2. The zero-order chi connectivity index (χ0) is 24.8. The summed E-state index contributed by atoms with van der Waals surface area (Å²) in [7, 11) is -7.98. The fourth-order valence-electron chi connectivity index (χ4n) is 3.29. The molecule has 0 saturated carbocycles. The van der Waals surface area contributed by atoms with Gasteiger partial charge in [-0.15, -0.1) is 0 Å². The SMILES string of the molecule is NS(=O)(=O)c1cccc(NS(=O)(=O)c2ccc(C=CC(=O)OCC(=O)N3CCCCC3)cc2)c1. The Morgan fingerprint density at radius 3 is 2.29 bits per heavy atom. The van der Waals surface area contributed by atoms with E-state index in [4.69, 9.17) is 9.88 Å². The largest absolute Gasteiger partial charge is 0.452 e. The molecular formula is C22H25N3O7S2. The zero-order valence-electron chi connectivity index (χ0n) is 18.2. The summed E-state index contributed by atoms with van der Waals surface area (Å²) in [6.07, 6.45) is 5.58. The lowest BCUT2D eigenvalue weighted by Crippen LogP contribution is -2.38. The van der Waals surface area contributed by atoms with Crippen LogP contribution in [0.25, 0.3) is 6.08 Å². The lowest BCUT2D eigenvalue weighted by molar-refractivity contribution is -0.148. The van der Waals surface area contributed by atoms with E-state index in [-0.39, 0.29) is 28.0 Å². The van der Waals surface area contributed by atoms with Gasteiger partial charge in [0.2, 0.25) is 10.0 Å². The molecule has 12 heteroatoms. The number of nitrogens with one attached hydrogen (secondary N) is 1. The standard InChI is InChI=1S/C22H25N3O7S2/c23-33(28,29)20-6-4-5-18(15-20)24-34(30,31)19-10-7-17(8-11-19)9-12-22(27)32-16-21(26)25-13-2-1-3-14-25/h4-12,15,24H,1-3,13-14,16H2,(H2,23,28,29). The van der Waals surface area contributed by atoms with Crippen LogP contribution in [0.15, 0.2) is 64.4 Å². The number of hydrogen-bond donors (Lipinski definition) is 2. The third-order valence-electron chi connectivity index (χ3n) is 5.06. The van der Waals surface area contributed by atoms with E-state index in [1.54, 1.807) is 4.90 Å². The van der Waals surface area contributed by atoms with Crippen LogP contribution in [-0.2, 0) is 34.4 Å². The second kappa shape index (κ2) is 10.8. The number of amides is 1. The predicted octanol–water partition coefficient (Wildman–Crippen LogP) is 1.70. The van der Waals surface area contributed by atoms with Crippen molar-refractivity contribution < 1.29 is 31.2 Å². The van der Waals surface area contributed by atoms with Gasteiger partial charge in [0.15, 0.2) is 6.61 Å². The molecule has 2 aromatic carbocycles. The van der Waals surface area contributed by atoms with Crippen molar-refractivity contribution in [2.45, 2.75) is 29.1 Å². The molecule has 3 rings (SSSR count). The van der Waals surface area contributed by atoms with Crippen LogP contribution < -0.4 is 9.86 Å². The van der Waals surface area contributed by atoms with Gasteiger partial charge in [0.25, 0.3) is 15.9 Å². The smallest absolute Gasteiger partial charge is 0.331 e.